The summed E-state index contributed by atoms with van der Waals surface area (Å²) in [6, 6.07) is 12.9. The van der Waals surface area contributed by atoms with Crippen LogP contribution in [0, 0.1) is 6.92 Å². The first-order valence-electron chi connectivity index (χ1n) is 9.95. The van der Waals surface area contributed by atoms with Gasteiger partial charge in [-0.15, -0.1) is 0 Å². The summed E-state index contributed by atoms with van der Waals surface area (Å²) in [5.74, 6) is -0.272. The summed E-state index contributed by atoms with van der Waals surface area (Å²) >= 11 is 0. The average molecular weight is 456 g/mol. The number of hydrogen-bond acceptors (Lipinski definition) is 6. The van der Waals surface area contributed by atoms with E-state index in [1.54, 1.807) is 55.1 Å². The molecule has 0 atom stereocenters. The Balaban J connectivity index is 2.25. The maximum absolute atomic E-state index is 13.8. The lowest BCUT2D eigenvalue weighted by Gasteiger charge is -2.28. The van der Waals surface area contributed by atoms with Crippen LogP contribution in [-0.2, 0) is 23.0 Å². The van der Waals surface area contributed by atoms with E-state index in [0.717, 1.165) is 5.56 Å². The molecule has 0 aliphatic rings. The van der Waals surface area contributed by atoms with E-state index in [-0.39, 0.29) is 22.7 Å². The van der Waals surface area contributed by atoms with Crippen LogP contribution in [0.25, 0.3) is 0 Å². The molecule has 9 heteroatoms. The minimum Gasteiger partial charge on any atom is -0.497 e. The Bertz CT molecular complexity index is 1200. The molecule has 8 nitrogen and oxygen atoms in total. The van der Waals surface area contributed by atoms with E-state index in [1.807, 2.05) is 13.0 Å². The molecule has 0 spiro atoms. The van der Waals surface area contributed by atoms with Crippen molar-refractivity contribution in [1.82, 2.24) is 10.5 Å². The van der Waals surface area contributed by atoms with Crippen LogP contribution in [-0.4, -0.2) is 31.6 Å². The Morgan fingerprint density at radius 3 is 2.44 bits per heavy atom. The van der Waals surface area contributed by atoms with E-state index in [2.05, 4.69) is 4.98 Å². The van der Waals surface area contributed by atoms with Crippen molar-refractivity contribution in [1.29, 1.82) is 0 Å². The number of rotatable bonds is 8. The molecule has 2 aromatic carbocycles. The van der Waals surface area contributed by atoms with Crippen LogP contribution in [0.4, 0.5) is 5.69 Å². The summed E-state index contributed by atoms with van der Waals surface area (Å²) in [7, 11) is -2.60. The number of aryl methyl sites for hydroxylation is 2. The molecule has 3 aromatic rings. The monoisotopic (exact) mass is 455 g/mol. The highest BCUT2D eigenvalue weighted by molar-refractivity contribution is 7.92. The molecule has 2 N–H and O–H groups in total. The third kappa shape index (κ3) is 4.74. The highest BCUT2D eigenvalue weighted by atomic mass is 32.2. The number of carbonyl (C=O) groups excluding carboxylic acids is 1. The van der Waals surface area contributed by atoms with Gasteiger partial charge in [-0.2, -0.15) is 0 Å². The fourth-order valence-electron chi connectivity index (χ4n) is 3.44. The highest BCUT2D eigenvalue weighted by Gasteiger charge is 2.30. The summed E-state index contributed by atoms with van der Waals surface area (Å²) in [5, 5.41) is 9.32. The molecule has 0 saturated heterocycles. The van der Waals surface area contributed by atoms with Crippen molar-refractivity contribution < 1.29 is 23.2 Å². The maximum Gasteiger partial charge on any atom is 0.276 e. The van der Waals surface area contributed by atoms with Gasteiger partial charge in [0.15, 0.2) is 0 Å². The maximum atomic E-state index is 13.8. The Kier molecular flexibility index (Phi) is 7.12. The summed E-state index contributed by atoms with van der Waals surface area (Å²) in [4.78, 5) is 16.7. The topological polar surface area (TPSA) is 109 Å². The SMILES string of the molecule is CCc1cc(C)c(N(Cc2cccnc2)S(=O)(=O)c2ccc(OC)cc2)c(C(=O)NO)c1. The number of amides is 1. The molecule has 168 valence electrons. The van der Waals surface area contributed by atoms with Crippen LogP contribution in [0.2, 0.25) is 0 Å². The zero-order chi connectivity index (χ0) is 23.3. The van der Waals surface area contributed by atoms with Gasteiger partial charge in [-0.1, -0.05) is 19.1 Å². The van der Waals surface area contributed by atoms with Crippen molar-refractivity contribution in [2.45, 2.75) is 31.7 Å². The van der Waals surface area contributed by atoms with Gasteiger partial charge in [0.1, 0.15) is 5.75 Å². The molecule has 3 rings (SSSR count). The summed E-state index contributed by atoms with van der Waals surface area (Å²) < 4.78 is 33.9. The molecule has 32 heavy (non-hydrogen) atoms. The zero-order valence-corrected chi connectivity index (χ0v) is 18.9. The number of methoxy groups -OCH3 is 1. The van der Waals surface area contributed by atoms with Gasteiger partial charge >= 0.3 is 0 Å². The molecule has 0 radical (unpaired) electrons. The van der Waals surface area contributed by atoms with Crippen molar-refractivity contribution >= 4 is 21.6 Å². The number of nitrogens with zero attached hydrogens (tertiary/aromatic N) is 2. The normalized spacial score (nSPS) is 11.1. The number of anilines is 1. The zero-order valence-electron chi connectivity index (χ0n) is 18.1. The standard InChI is InChI=1S/C23H25N3O5S/c1-4-17-12-16(2)22(21(13-17)23(27)25-28)26(15-18-6-5-11-24-14-18)32(29,30)20-9-7-19(31-3)8-10-20/h5-14,28H,4,15H2,1-3H3,(H,25,27). The van der Waals surface area contributed by atoms with Gasteiger partial charge < -0.3 is 4.74 Å². The molecule has 0 saturated carbocycles. The Hall–Kier alpha value is -3.43. The second-order valence-electron chi connectivity index (χ2n) is 7.15. The van der Waals surface area contributed by atoms with Crippen LogP contribution in [0.3, 0.4) is 0 Å². The molecular formula is C23H25N3O5S. The van der Waals surface area contributed by atoms with E-state index in [9.17, 15) is 18.4 Å². The number of ether oxygens (including phenoxy) is 1. The first-order valence-corrected chi connectivity index (χ1v) is 11.4. The molecule has 0 aliphatic carbocycles. The number of nitrogens with one attached hydrogen (secondary N) is 1. The molecule has 0 bridgehead atoms. The van der Waals surface area contributed by atoms with Crippen molar-refractivity contribution in [2.75, 3.05) is 11.4 Å². The van der Waals surface area contributed by atoms with Crippen molar-refractivity contribution in [3.8, 4) is 5.75 Å². The average Bonchev–Trinajstić information content (AvgIpc) is 2.82. The summed E-state index contributed by atoms with van der Waals surface area (Å²) in [6.07, 6.45) is 3.80. The Morgan fingerprint density at radius 1 is 1.16 bits per heavy atom. The number of hydrogen-bond donors (Lipinski definition) is 2. The van der Waals surface area contributed by atoms with E-state index in [4.69, 9.17) is 4.74 Å². The Labute approximate surface area is 187 Å². The van der Waals surface area contributed by atoms with Crippen LogP contribution in [0.5, 0.6) is 5.75 Å². The summed E-state index contributed by atoms with van der Waals surface area (Å²) in [6.45, 7) is 3.61. The third-order valence-corrected chi connectivity index (χ3v) is 6.82. The number of aromatic nitrogens is 1. The minimum absolute atomic E-state index is 0.0384. The molecule has 0 unspecified atom stereocenters. The third-order valence-electron chi connectivity index (χ3n) is 5.06. The van der Waals surface area contributed by atoms with Crippen LogP contribution < -0.4 is 14.5 Å². The lowest BCUT2D eigenvalue weighted by molar-refractivity contribution is 0.0707. The number of hydroxylamine groups is 1. The van der Waals surface area contributed by atoms with E-state index < -0.39 is 15.9 Å². The van der Waals surface area contributed by atoms with Gasteiger partial charge in [0, 0.05) is 12.4 Å². The van der Waals surface area contributed by atoms with Gasteiger partial charge in [-0.3, -0.25) is 19.3 Å². The van der Waals surface area contributed by atoms with Crippen LogP contribution >= 0.6 is 0 Å². The van der Waals surface area contributed by atoms with Crippen LogP contribution in [0.15, 0.2) is 65.8 Å². The van der Waals surface area contributed by atoms with Gasteiger partial charge in [-0.05, 0) is 66.4 Å². The highest BCUT2D eigenvalue weighted by Crippen LogP contribution is 2.34. The number of pyridine rings is 1. The fourth-order valence-corrected chi connectivity index (χ4v) is 4.98. The van der Waals surface area contributed by atoms with Gasteiger partial charge in [0.05, 0.1) is 29.8 Å². The van der Waals surface area contributed by atoms with E-state index in [0.29, 0.717) is 23.3 Å². The van der Waals surface area contributed by atoms with Crippen molar-refractivity contribution in [3.63, 3.8) is 0 Å². The molecule has 1 amide bonds. The van der Waals surface area contributed by atoms with Crippen molar-refractivity contribution in [3.05, 3.63) is 83.2 Å². The lowest BCUT2D eigenvalue weighted by atomic mass is 10.0. The van der Waals surface area contributed by atoms with Crippen molar-refractivity contribution in [2.24, 2.45) is 0 Å². The minimum atomic E-state index is -4.10. The first-order chi connectivity index (χ1) is 15.3. The molecule has 1 heterocycles. The van der Waals surface area contributed by atoms with Gasteiger partial charge in [-0.25, -0.2) is 13.9 Å². The van der Waals surface area contributed by atoms with E-state index in [1.165, 1.54) is 23.5 Å². The predicted octanol–water partition coefficient (Wildman–Crippen LogP) is 3.48. The largest absolute Gasteiger partial charge is 0.497 e. The smallest absolute Gasteiger partial charge is 0.276 e. The fraction of sp³-hybridized carbons (Fsp3) is 0.217. The predicted molar refractivity (Wildman–Crippen MR) is 120 cm³/mol. The second-order valence-corrected chi connectivity index (χ2v) is 9.01. The molecule has 0 aliphatic heterocycles. The number of sulfonamides is 1. The second kappa shape index (κ2) is 9.80. The number of carbonyl (C=O) groups is 1. The van der Waals surface area contributed by atoms with Gasteiger partial charge in [0.25, 0.3) is 15.9 Å². The van der Waals surface area contributed by atoms with E-state index >= 15 is 0 Å². The summed E-state index contributed by atoms with van der Waals surface area (Å²) in [5.41, 5.74) is 3.95. The van der Waals surface area contributed by atoms with Crippen LogP contribution in [0.1, 0.15) is 34.0 Å². The first kappa shape index (κ1) is 23.2. The number of benzene rings is 2. The molecule has 0 fully saturated rings. The molecular weight excluding hydrogens is 430 g/mol. The quantitative estimate of drug-likeness (QED) is 0.398. The Morgan fingerprint density at radius 2 is 1.88 bits per heavy atom. The molecule has 1 aromatic heterocycles. The van der Waals surface area contributed by atoms with Gasteiger partial charge in [0.2, 0.25) is 0 Å². The lowest BCUT2D eigenvalue weighted by Crippen LogP contribution is -2.34.